The summed E-state index contributed by atoms with van der Waals surface area (Å²) in [6.07, 6.45) is 2.16. The molecule has 0 aliphatic carbocycles. The molecule has 3 rings (SSSR count). The minimum absolute atomic E-state index is 0.188. The molecule has 0 spiro atoms. The zero-order valence-electron chi connectivity index (χ0n) is 17.5. The van der Waals surface area contributed by atoms with Gasteiger partial charge in [0, 0.05) is 24.0 Å². The Morgan fingerprint density at radius 2 is 2.03 bits per heavy atom. The van der Waals surface area contributed by atoms with Gasteiger partial charge in [0.2, 0.25) is 0 Å². The van der Waals surface area contributed by atoms with E-state index in [1.807, 2.05) is 20.8 Å². The standard InChI is InChI=1S/C22H28FN3O3S/c1-22(2,3)29-21(28)26-10-5-4-9-16(13-26)25-20(27)19-17(24)12-18(30-19)14-7-6-8-15(23)11-14/h6-8,11-12,16H,4-5,9-10,13,24H2,1-3H3,(H,25,27)/t16-/m1/s1. The van der Waals surface area contributed by atoms with Crippen molar-refractivity contribution in [2.24, 2.45) is 0 Å². The molecule has 1 saturated heterocycles. The lowest BCUT2D eigenvalue weighted by Gasteiger charge is -2.28. The lowest BCUT2D eigenvalue weighted by molar-refractivity contribution is 0.0242. The van der Waals surface area contributed by atoms with Gasteiger partial charge in [-0.2, -0.15) is 0 Å². The number of likely N-dealkylation sites (tertiary alicyclic amines) is 1. The first-order valence-corrected chi connectivity index (χ1v) is 10.9. The minimum atomic E-state index is -0.569. The summed E-state index contributed by atoms with van der Waals surface area (Å²) in [5.74, 6) is -0.623. The number of anilines is 1. The van der Waals surface area contributed by atoms with Crippen LogP contribution in [0.1, 0.15) is 49.7 Å². The third kappa shape index (κ3) is 5.72. The fraction of sp³-hybridized carbons (Fsp3) is 0.455. The fourth-order valence-corrected chi connectivity index (χ4v) is 4.35. The van der Waals surface area contributed by atoms with Crippen LogP contribution in [-0.4, -0.2) is 41.6 Å². The van der Waals surface area contributed by atoms with E-state index >= 15 is 0 Å². The van der Waals surface area contributed by atoms with Crippen molar-refractivity contribution in [2.75, 3.05) is 18.8 Å². The lowest BCUT2D eigenvalue weighted by Crippen LogP contribution is -2.46. The number of nitrogens with one attached hydrogen (secondary N) is 1. The van der Waals surface area contributed by atoms with Gasteiger partial charge in [-0.05, 0) is 63.8 Å². The van der Waals surface area contributed by atoms with E-state index in [2.05, 4.69) is 5.32 Å². The Hall–Kier alpha value is -2.61. The normalized spacial score (nSPS) is 17.3. The molecule has 1 atom stereocenters. The second kappa shape index (κ2) is 9.04. The van der Waals surface area contributed by atoms with Crippen LogP contribution in [0.25, 0.3) is 10.4 Å². The number of halogens is 1. The van der Waals surface area contributed by atoms with Gasteiger partial charge in [0.15, 0.2) is 0 Å². The van der Waals surface area contributed by atoms with Gasteiger partial charge in [-0.15, -0.1) is 11.3 Å². The quantitative estimate of drug-likeness (QED) is 0.738. The maximum atomic E-state index is 13.5. The Morgan fingerprint density at radius 1 is 1.27 bits per heavy atom. The molecule has 0 radical (unpaired) electrons. The van der Waals surface area contributed by atoms with Gasteiger partial charge >= 0.3 is 6.09 Å². The van der Waals surface area contributed by atoms with Gasteiger partial charge in [0.25, 0.3) is 5.91 Å². The van der Waals surface area contributed by atoms with Crippen LogP contribution in [0.3, 0.4) is 0 Å². The predicted octanol–water partition coefficient (Wildman–Crippen LogP) is 4.66. The van der Waals surface area contributed by atoms with E-state index in [4.69, 9.17) is 10.5 Å². The molecule has 0 saturated carbocycles. The first kappa shape index (κ1) is 22.1. The first-order valence-electron chi connectivity index (χ1n) is 10.1. The number of ether oxygens (including phenoxy) is 1. The van der Waals surface area contributed by atoms with E-state index in [9.17, 15) is 14.0 Å². The number of carbonyl (C=O) groups excluding carboxylic acids is 2. The highest BCUT2D eigenvalue weighted by Crippen LogP contribution is 2.33. The number of thiophene rings is 1. The third-order valence-electron chi connectivity index (χ3n) is 4.73. The zero-order valence-corrected chi connectivity index (χ0v) is 18.4. The molecule has 1 fully saturated rings. The van der Waals surface area contributed by atoms with E-state index in [1.54, 1.807) is 23.1 Å². The molecule has 162 valence electrons. The van der Waals surface area contributed by atoms with Crippen molar-refractivity contribution >= 4 is 29.0 Å². The number of nitrogen functional groups attached to an aromatic ring is 1. The Morgan fingerprint density at radius 3 is 2.73 bits per heavy atom. The van der Waals surface area contributed by atoms with Crippen LogP contribution in [-0.2, 0) is 4.74 Å². The number of hydrogen-bond acceptors (Lipinski definition) is 5. The molecule has 0 unspecified atom stereocenters. The van der Waals surface area contributed by atoms with Crippen LogP contribution in [0, 0.1) is 5.82 Å². The minimum Gasteiger partial charge on any atom is -0.444 e. The number of amides is 2. The number of hydrogen-bond donors (Lipinski definition) is 2. The monoisotopic (exact) mass is 433 g/mol. The first-order chi connectivity index (χ1) is 14.1. The molecule has 3 N–H and O–H groups in total. The maximum absolute atomic E-state index is 13.5. The van der Waals surface area contributed by atoms with Crippen LogP contribution in [0.4, 0.5) is 14.9 Å². The van der Waals surface area contributed by atoms with Crippen molar-refractivity contribution < 1.29 is 18.7 Å². The van der Waals surface area contributed by atoms with Gasteiger partial charge in [0.05, 0.1) is 5.69 Å². The SMILES string of the molecule is CC(C)(C)OC(=O)N1CCCC[C@@H](NC(=O)c2sc(-c3cccc(F)c3)cc2N)C1. The van der Waals surface area contributed by atoms with E-state index < -0.39 is 5.60 Å². The molecular formula is C22H28FN3O3S. The van der Waals surface area contributed by atoms with Crippen molar-refractivity contribution in [1.29, 1.82) is 0 Å². The average molecular weight is 434 g/mol. The molecule has 30 heavy (non-hydrogen) atoms. The van der Waals surface area contributed by atoms with Crippen LogP contribution >= 0.6 is 11.3 Å². The van der Waals surface area contributed by atoms with E-state index in [0.717, 1.165) is 24.1 Å². The van der Waals surface area contributed by atoms with Gasteiger partial charge in [-0.1, -0.05) is 12.1 Å². The van der Waals surface area contributed by atoms with E-state index in [1.165, 1.54) is 23.5 Å². The molecule has 0 bridgehead atoms. The Bertz CT molecular complexity index is 923. The van der Waals surface area contributed by atoms with E-state index in [-0.39, 0.29) is 23.9 Å². The van der Waals surface area contributed by atoms with Gasteiger partial charge in [-0.3, -0.25) is 4.79 Å². The van der Waals surface area contributed by atoms with Gasteiger partial charge in [0.1, 0.15) is 16.3 Å². The van der Waals surface area contributed by atoms with Crippen molar-refractivity contribution in [3.63, 3.8) is 0 Å². The summed E-state index contributed by atoms with van der Waals surface area (Å²) in [6.45, 7) is 6.49. The molecule has 1 aliphatic rings. The maximum Gasteiger partial charge on any atom is 0.410 e. The second-order valence-corrected chi connectivity index (χ2v) is 9.55. The van der Waals surface area contributed by atoms with Crippen LogP contribution in [0.5, 0.6) is 0 Å². The number of benzene rings is 1. The summed E-state index contributed by atoms with van der Waals surface area (Å²) in [4.78, 5) is 28.1. The van der Waals surface area contributed by atoms with Gasteiger partial charge in [-0.25, -0.2) is 9.18 Å². The van der Waals surface area contributed by atoms with Crippen molar-refractivity contribution in [3.05, 3.63) is 41.0 Å². The summed E-state index contributed by atoms with van der Waals surface area (Å²) in [6, 6.07) is 7.69. The molecule has 1 aliphatic heterocycles. The second-order valence-electron chi connectivity index (χ2n) is 8.50. The van der Waals surface area contributed by atoms with Crippen LogP contribution in [0.15, 0.2) is 30.3 Å². The van der Waals surface area contributed by atoms with Crippen LogP contribution < -0.4 is 11.1 Å². The number of carbonyl (C=O) groups is 2. The molecule has 2 aromatic rings. The lowest BCUT2D eigenvalue weighted by atomic mass is 10.1. The number of rotatable bonds is 3. The average Bonchev–Trinajstić information content (AvgIpc) is 2.89. The highest BCUT2D eigenvalue weighted by Gasteiger charge is 2.28. The van der Waals surface area contributed by atoms with Gasteiger partial charge < -0.3 is 20.7 Å². The van der Waals surface area contributed by atoms with Crippen molar-refractivity contribution in [3.8, 4) is 10.4 Å². The predicted molar refractivity (Wildman–Crippen MR) is 117 cm³/mol. The highest BCUT2D eigenvalue weighted by atomic mass is 32.1. The molecule has 6 nitrogen and oxygen atoms in total. The molecule has 2 amide bonds. The topological polar surface area (TPSA) is 84.7 Å². The summed E-state index contributed by atoms with van der Waals surface area (Å²) < 4.78 is 19.0. The fourth-order valence-electron chi connectivity index (χ4n) is 3.37. The highest BCUT2D eigenvalue weighted by molar-refractivity contribution is 7.18. The molecule has 1 aromatic carbocycles. The third-order valence-corrected chi connectivity index (χ3v) is 5.93. The molecule has 2 heterocycles. The Labute approximate surface area is 180 Å². The Kier molecular flexibility index (Phi) is 6.65. The Balaban J connectivity index is 1.69. The van der Waals surface area contributed by atoms with Crippen molar-refractivity contribution in [2.45, 2.75) is 51.7 Å². The zero-order chi connectivity index (χ0) is 21.9. The summed E-state index contributed by atoms with van der Waals surface area (Å²) in [5, 5.41) is 3.01. The summed E-state index contributed by atoms with van der Waals surface area (Å²) in [7, 11) is 0. The van der Waals surface area contributed by atoms with Crippen LogP contribution in [0.2, 0.25) is 0 Å². The smallest absolute Gasteiger partial charge is 0.410 e. The summed E-state index contributed by atoms with van der Waals surface area (Å²) >= 11 is 1.23. The van der Waals surface area contributed by atoms with E-state index in [0.29, 0.717) is 29.2 Å². The molecular weight excluding hydrogens is 405 g/mol. The summed E-state index contributed by atoms with van der Waals surface area (Å²) in [5.41, 5.74) is 6.53. The number of nitrogens with zero attached hydrogens (tertiary/aromatic N) is 1. The molecule has 1 aromatic heterocycles. The number of nitrogens with two attached hydrogens (primary N) is 1. The molecule has 8 heteroatoms. The van der Waals surface area contributed by atoms with Crippen molar-refractivity contribution in [1.82, 2.24) is 10.2 Å². The largest absolute Gasteiger partial charge is 0.444 e.